The first-order valence-electron chi connectivity index (χ1n) is 10.7. The first kappa shape index (κ1) is 23.1. The lowest BCUT2D eigenvalue weighted by molar-refractivity contribution is 0.0955. The summed E-state index contributed by atoms with van der Waals surface area (Å²) in [5, 5.41) is 4.74. The van der Waals surface area contributed by atoms with Crippen molar-refractivity contribution >= 4 is 23.7 Å². The van der Waals surface area contributed by atoms with Crippen LogP contribution in [-0.2, 0) is 13.2 Å². The van der Waals surface area contributed by atoms with E-state index in [4.69, 9.17) is 21.1 Å². The molecule has 4 aromatic rings. The lowest BCUT2D eigenvalue weighted by Crippen LogP contribution is -2.17. The van der Waals surface area contributed by atoms with Crippen LogP contribution in [0, 0.1) is 0 Å². The Morgan fingerprint density at radius 1 is 0.735 bits per heavy atom. The molecular formula is C28H23ClN2O3. The van der Waals surface area contributed by atoms with Crippen LogP contribution in [0.15, 0.2) is 108 Å². The highest BCUT2D eigenvalue weighted by atomic mass is 35.5. The third kappa shape index (κ3) is 6.95. The molecule has 0 unspecified atom stereocenters. The fourth-order valence-electron chi connectivity index (χ4n) is 3.07. The van der Waals surface area contributed by atoms with Crippen LogP contribution in [0.1, 0.15) is 27.0 Å². The highest BCUT2D eigenvalue weighted by molar-refractivity contribution is 6.30. The molecule has 0 bridgehead atoms. The van der Waals surface area contributed by atoms with Crippen molar-refractivity contribution in [3.63, 3.8) is 0 Å². The zero-order valence-electron chi connectivity index (χ0n) is 18.4. The highest BCUT2D eigenvalue weighted by Crippen LogP contribution is 2.16. The molecule has 0 aromatic heterocycles. The summed E-state index contributed by atoms with van der Waals surface area (Å²) in [6.45, 7) is 0.929. The van der Waals surface area contributed by atoms with E-state index in [9.17, 15) is 4.79 Å². The minimum Gasteiger partial charge on any atom is -0.489 e. The number of amides is 1. The molecule has 1 amide bonds. The van der Waals surface area contributed by atoms with Crippen LogP contribution in [0.2, 0.25) is 5.02 Å². The Morgan fingerprint density at radius 2 is 1.29 bits per heavy atom. The fraction of sp³-hybridized carbons (Fsp3) is 0.0714. The van der Waals surface area contributed by atoms with E-state index < -0.39 is 0 Å². The van der Waals surface area contributed by atoms with E-state index in [2.05, 4.69) is 10.5 Å². The van der Waals surface area contributed by atoms with Gasteiger partial charge in [0.25, 0.3) is 5.91 Å². The van der Waals surface area contributed by atoms with Gasteiger partial charge in [-0.15, -0.1) is 0 Å². The van der Waals surface area contributed by atoms with Gasteiger partial charge in [-0.1, -0.05) is 54.1 Å². The summed E-state index contributed by atoms with van der Waals surface area (Å²) >= 11 is 5.89. The molecule has 4 rings (SSSR count). The van der Waals surface area contributed by atoms with Crippen LogP contribution in [0.5, 0.6) is 11.5 Å². The second-order valence-corrected chi connectivity index (χ2v) is 7.92. The second kappa shape index (κ2) is 11.7. The quantitative estimate of drug-likeness (QED) is 0.232. The normalized spacial score (nSPS) is 10.7. The standard InChI is InChI=1S/C28H23ClN2O3/c29-25-12-6-23(7-13-25)20-34-26-14-8-21(9-15-26)18-30-31-28(32)24-10-16-27(17-11-24)33-19-22-4-2-1-3-5-22/h1-18H,19-20H2,(H,31,32)/b30-18+. The molecule has 34 heavy (non-hydrogen) atoms. The summed E-state index contributed by atoms with van der Waals surface area (Å²) in [6, 6.07) is 31.8. The molecule has 0 spiro atoms. The van der Waals surface area contributed by atoms with Crippen LogP contribution in [-0.4, -0.2) is 12.1 Å². The number of halogens is 1. The maximum atomic E-state index is 12.3. The van der Waals surface area contributed by atoms with Crippen molar-refractivity contribution in [1.29, 1.82) is 0 Å². The van der Waals surface area contributed by atoms with E-state index in [1.165, 1.54) is 0 Å². The summed E-state index contributed by atoms with van der Waals surface area (Å²) in [7, 11) is 0. The van der Waals surface area contributed by atoms with Gasteiger partial charge >= 0.3 is 0 Å². The van der Waals surface area contributed by atoms with Crippen molar-refractivity contribution < 1.29 is 14.3 Å². The number of ether oxygens (including phenoxy) is 2. The van der Waals surface area contributed by atoms with Crippen LogP contribution >= 0.6 is 11.6 Å². The number of benzene rings is 4. The Morgan fingerprint density at radius 3 is 1.91 bits per heavy atom. The van der Waals surface area contributed by atoms with E-state index in [0.717, 1.165) is 22.4 Å². The van der Waals surface area contributed by atoms with Crippen molar-refractivity contribution in [3.05, 3.63) is 130 Å². The van der Waals surface area contributed by atoms with E-state index >= 15 is 0 Å². The van der Waals surface area contributed by atoms with E-state index in [0.29, 0.717) is 29.5 Å². The van der Waals surface area contributed by atoms with E-state index in [1.54, 1.807) is 30.5 Å². The first-order valence-corrected chi connectivity index (χ1v) is 11.1. The minimum absolute atomic E-state index is 0.297. The first-order chi connectivity index (χ1) is 16.7. The number of nitrogens with zero attached hydrogens (tertiary/aromatic N) is 1. The van der Waals surface area contributed by atoms with Gasteiger partial charge < -0.3 is 9.47 Å². The Hall–Kier alpha value is -4.09. The Labute approximate surface area is 203 Å². The molecule has 0 heterocycles. The highest BCUT2D eigenvalue weighted by Gasteiger charge is 2.05. The van der Waals surface area contributed by atoms with Crippen molar-refractivity contribution in [2.24, 2.45) is 5.10 Å². The monoisotopic (exact) mass is 470 g/mol. The molecular weight excluding hydrogens is 448 g/mol. The molecule has 0 aliphatic heterocycles. The molecule has 0 fully saturated rings. The van der Waals surface area contributed by atoms with Crippen LogP contribution in [0.3, 0.4) is 0 Å². The maximum Gasteiger partial charge on any atom is 0.271 e. The molecule has 4 aromatic carbocycles. The van der Waals surface area contributed by atoms with Gasteiger partial charge in [-0.05, 0) is 77.4 Å². The average molecular weight is 471 g/mol. The molecule has 170 valence electrons. The van der Waals surface area contributed by atoms with Crippen molar-refractivity contribution in [2.45, 2.75) is 13.2 Å². The minimum atomic E-state index is -0.297. The number of hydrazone groups is 1. The summed E-state index contributed by atoms with van der Waals surface area (Å²) in [5.74, 6) is 1.14. The molecule has 0 atom stereocenters. The van der Waals surface area contributed by atoms with Gasteiger partial charge in [-0.3, -0.25) is 4.79 Å². The largest absolute Gasteiger partial charge is 0.489 e. The fourth-order valence-corrected chi connectivity index (χ4v) is 3.20. The van der Waals surface area contributed by atoms with Crippen molar-refractivity contribution in [2.75, 3.05) is 0 Å². The van der Waals surface area contributed by atoms with Gasteiger partial charge in [0.15, 0.2) is 0 Å². The Bertz CT molecular complexity index is 1220. The summed E-state index contributed by atoms with van der Waals surface area (Å²) in [4.78, 5) is 12.3. The Kier molecular flexibility index (Phi) is 7.93. The number of carbonyl (C=O) groups is 1. The third-order valence-electron chi connectivity index (χ3n) is 4.94. The summed E-state index contributed by atoms with van der Waals surface area (Å²) in [6.07, 6.45) is 1.58. The predicted octanol–water partition coefficient (Wildman–Crippen LogP) is 6.26. The number of rotatable bonds is 9. The molecule has 0 aliphatic carbocycles. The zero-order chi connectivity index (χ0) is 23.6. The van der Waals surface area contributed by atoms with Crippen LogP contribution in [0.4, 0.5) is 0 Å². The van der Waals surface area contributed by atoms with Gasteiger partial charge in [-0.2, -0.15) is 5.10 Å². The number of nitrogens with one attached hydrogen (secondary N) is 1. The number of hydrogen-bond donors (Lipinski definition) is 1. The maximum absolute atomic E-state index is 12.3. The van der Waals surface area contributed by atoms with Crippen LogP contribution < -0.4 is 14.9 Å². The topological polar surface area (TPSA) is 59.9 Å². The van der Waals surface area contributed by atoms with Crippen molar-refractivity contribution in [1.82, 2.24) is 5.43 Å². The molecule has 0 radical (unpaired) electrons. The van der Waals surface area contributed by atoms with Gasteiger partial charge in [0.05, 0.1) is 6.21 Å². The smallest absolute Gasteiger partial charge is 0.271 e. The summed E-state index contributed by atoms with van der Waals surface area (Å²) in [5.41, 5.74) is 5.99. The molecule has 6 heteroatoms. The molecule has 0 saturated carbocycles. The average Bonchev–Trinajstić information content (AvgIpc) is 2.89. The lowest BCUT2D eigenvalue weighted by Gasteiger charge is -2.07. The predicted molar refractivity (Wildman–Crippen MR) is 135 cm³/mol. The Balaban J connectivity index is 1.23. The van der Waals surface area contributed by atoms with Crippen molar-refractivity contribution in [3.8, 4) is 11.5 Å². The zero-order valence-corrected chi connectivity index (χ0v) is 19.1. The summed E-state index contributed by atoms with van der Waals surface area (Å²) < 4.78 is 11.5. The van der Waals surface area contributed by atoms with E-state index in [1.807, 2.05) is 78.9 Å². The molecule has 5 nitrogen and oxygen atoms in total. The molecule has 1 N–H and O–H groups in total. The molecule has 0 aliphatic rings. The van der Waals surface area contributed by atoms with Gasteiger partial charge in [0.2, 0.25) is 0 Å². The number of hydrogen-bond acceptors (Lipinski definition) is 4. The molecule has 0 saturated heterocycles. The van der Waals surface area contributed by atoms with Crippen LogP contribution in [0.25, 0.3) is 0 Å². The van der Waals surface area contributed by atoms with Gasteiger partial charge in [-0.25, -0.2) is 5.43 Å². The SMILES string of the molecule is O=C(N/N=C/c1ccc(OCc2ccc(Cl)cc2)cc1)c1ccc(OCc2ccccc2)cc1. The third-order valence-corrected chi connectivity index (χ3v) is 5.20. The van der Waals surface area contributed by atoms with E-state index in [-0.39, 0.29) is 5.91 Å². The van der Waals surface area contributed by atoms with Gasteiger partial charge in [0, 0.05) is 10.6 Å². The lowest BCUT2D eigenvalue weighted by atomic mass is 10.2. The van der Waals surface area contributed by atoms with Gasteiger partial charge in [0.1, 0.15) is 24.7 Å². The number of carbonyl (C=O) groups excluding carboxylic acids is 1. The second-order valence-electron chi connectivity index (χ2n) is 7.48.